The molecule has 0 saturated carbocycles. The number of nitrogens with one attached hydrogen (secondary N) is 2. The summed E-state index contributed by atoms with van der Waals surface area (Å²) < 4.78 is 6.60. The van der Waals surface area contributed by atoms with Gasteiger partial charge in [-0.05, 0) is 42.5 Å². The maximum atomic E-state index is 12.7. The van der Waals surface area contributed by atoms with Crippen LogP contribution in [0.5, 0.6) is 0 Å². The molecule has 0 radical (unpaired) electrons. The van der Waals surface area contributed by atoms with Crippen LogP contribution in [0.25, 0.3) is 10.1 Å². The molecule has 1 unspecified atom stereocenters. The van der Waals surface area contributed by atoms with E-state index in [9.17, 15) is 9.59 Å². The second-order valence-electron chi connectivity index (χ2n) is 6.49. The first-order valence-corrected chi connectivity index (χ1v) is 9.81. The molecule has 1 aliphatic rings. The minimum absolute atomic E-state index is 0.0780. The Morgan fingerprint density at radius 2 is 1.89 bits per heavy atom. The number of rotatable bonds is 5. The van der Waals surface area contributed by atoms with Crippen LogP contribution in [0, 0.1) is 0 Å². The van der Waals surface area contributed by atoms with E-state index in [0.717, 1.165) is 29.5 Å². The van der Waals surface area contributed by atoms with E-state index in [1.54, 1.807) is 24.3 Å². The molecule has 5 nitrogen and oxygen atoms in total. The van der Waals surface area contributed by atoms with Crippen molar-refractivity contribution in [3.63, 3.8) is 0 Å². The van der Waals surface area contributed by atoms with Gasteiger partial charge in [0.25, 0.3) is 11.8 Å². The van der Waals surface area contributed by atoms with Crippen LogP contribution in [-0.4, -0.2) is 31.1 Å². The van der Waals surface area contributed by atoms with Gasteiger partial charge in [0.1, 0.15) is 0 Å². The van der Waals surface area contributed by atoms with Crippen molar-refractivity contribution >= 4 is 38.9 Å². The zero-order chi connectivity index (χ0) is 18.6. The highest BCUT2D eigenvalue weighted by molar-refractivity contribution is 7.20. The van der Waals surface area contributed by atoms with Crippen LogP contribution in [0.1, 0.15) is 32.9 Å². The third kappa shape index (κ3) is 4.02. The van der Waals surface area contributed by atoms with Crippen LogP contribution < -0.4 is 10.6 Å². The molecule has 6 heteroatoms. The predicted molar refractivity (Wildman–Crippen MR) is 108 cm³/mol. The zero-order valence-electron chi connectivity index (χ0n) is 14.7. The molecule has 1 saturated heterocycles. The fraction of sp³-hybridized carbons (Fsp3) is 0.238. The van der Waals surface area contributed by atoms with Gasteiger partial charge in [0.15, 0.2) is 0 Å². The van der Waals surface area contributed by atoms with Crippen LogP contribution in [0.3, 0.4) is 0 Å². The quantitative estimate of drug-likeness (QED) is 0.701. The lowest BCUT2D eigenvalue weighted by atomic mass is 10.1. The lowest BCUT2D eigenvalue weighted by molar-refractivity contribution is 0.0858. The summed E-state index contributed by atoms with van der Waals surface area (Å²) in [5.74, 6) is -0.423. The maximum Gasteiger partial charge on any atom is 0.265 e. The molecule has 0 aliphatic carbocycles. The summed E-state index contributed by atoms with van der Waals surface area (Å²) in [6.45, 7) is 1.24. The number of ether oxygens (including phenoxy) is 1. The summed E-state index contributed by atoms with van der Waals surface area (Å²) in [6, 6.07) is 16.8. The Labute approximate surface area is 161 Å². The van der Waals surface area contributed by atoms with Gasteiger partial charge in [0.05, 0.1) is 22.2 Å². The normalized spacial score (nSPS) is 16.4. The second-order valence-corrected chi connectivity index (χ2v) is 7.58. The van der Waals surface area contributed by atoms with Gasteiger partial charge in [0, 0.05) is 17.9 Å². The average Bonchev–Trinajstić information content (AvgIpc) is 3.36. The summed E-state index contributed by atoms with van der Waals surface area (Å²) >= 11 is 1.44. The molecule has 2 aromatic carbocycles. The van der Waals surface area contributed by atoms with Crippen molar-refractivity contribution in [2.75, 3.05) is 18.5 Å². The Kier molecular flexibility index (Phi) is 5.18. The molecular weight excluding hydrogens is 360 g/mol. The molecule has 2 N–H and O–H groups in total. The first-order chi connectivity index (χ1) is 13.2. The number of carbonyl (C=O) groups excluding carboxylic acids is 2. The highest BCUT2D eigenvalue weighted by Crippen LogP contribution is 2.26. The third-order valence-electron chi connectivity index (χ3n) is 4.58. The van der Waals surface area contributed by atoms with Gasteiger partial charge in [0.2, 0.25) is 0 Å². The van der Waals surface area contributed by atoms with Crippen molar-refractivity contribution in [1.29, 1.82) is 0 Å². The molecule has 4 rings (SSSR count). The van der Waals surface area contributed by atoms with E-state index < -0.39 is 0 Å². The average molecular weight is 380 g/mol. The number of benzene rings is 2. The molecule has 1 aromatic heterocycles. The van der Waals surface area contributed by atoms with Crippen molar-refractivity contribution in [3.05, 3.63) is 65.0 Å². The highest BCUT2D eigenvalue weighted by Gasteiger charge is 2.19. The van der Waals surface area contributed by atoms with E-state index in [4.69, 9.17) is 4.74 Å². The van der Waals surface area contributed by atoms with Gasteiger partial charge < -0.3 is 15.4 Å². The maximum absolute atomic E-state index is 12.7. The fourth-order valence-electron chi connectivity index (χ4n) is 3.17. The molecule has 27 heavy (non-hydrogen) atoms. The van der Waals surface area contributed by atoms with Gasteiger partial charge in [-0.15, -0.1) is 11.3 Å². The molecule has 138 valence electrons. The smallest absolute Gasteiger partial charge is 0.265 e. The standard InChI is InChI=1S/C21H20N2O3S/c24-20(22-13-15-7-5-11-26-15)16-8-2-3-9-17(16)23-21(25)19-12-14-6-1-4-10-18(14)27-19/h1-4,6,8-10,12,15H,5,7,11,13H2,(H,22,24)(H,23,25). The Hall–Kier alpha value is -2.70. The van der Waals surface area contributed by atoms with Crippen LogP contribution in [0.15, 0.2) is 54.6 Å². The first kappa shape index (κ1) is 17.7. The number of amides is 2. The molecule has 0 bridgehead atoms. The number of fused-ring (bicyclic) bond motifs is 1. The number of para-hydroxylation sites is 1. The van der Waals surface area contributed by atoms with Crippen LogP contribution in [0.4, 0.5) is 5.69 Å². The van der Waals surface area contributed by atoms with Crippen molar-refractivity contribution in [1.82, 2.24) is 5.32 Å². The SMILES string of the molecule is O=C(Nc1ccccc1C(=O)NCC1CCCO1)c1cc2ccccc2s1. The fourth-order valence-corrected chi connectivity index (χ4v) is 4.13. The van der Waals surface area contributed by atoms with Crippen molar-refractivity contribution in [3.8, 4) is 0 Å². The lowest BCUT2D eigenvalue weighted by Crippen LogP contribution is -2.32. The number of thiophene rings is 1. The van der Waals surface area contributed by atoms with Crippen molar-refractivity contribution in [2.24, 2.45) is 0 Å². The molecular formula is C21H20N2O3S. The van der Waals surface area contributed by atoms with Crippen molar-refractivity contribution < 1.29 is 14.3 Å². The molecule has 2 heterocycles. The van der Waals surface area contributed by atoms with E-state index in [0.29, 0.717) is 22.7 Å². The molecule has 1 atom stereocenters. The summed E-state index contributed by atoms with van der Waals surface area (Å²) in [6.07, 6.45) is 2.07. The minimum Gasteiger partial charge on any atom is -0.376 e. The van der Waals surface area contributed by atoms with Crippen LogP contribution >= 0.6 is 11.3 Å². The van der Waals surface area contributed by atoms with Crippen molar-refractivity contribution in [2.45, 2.75) is 18.9 Å². The molecule has 3 aromatic rings. The topological polar surface area (TPSA) is 67.4 Å². The monoisotopic (exact) mass is 380 g/mol. The number of hydrogen-bond acceptors (Lipinski definition) is 4. The summed E-state index contributed by atoms with van der Waals surface area (Å²) in [7, 11) is 0. The summed E-state index contributed by atoms with van der Waals surface area (Å²) in [5.41, 5.74) is 0.953. The Bertz CT molecular complexity index is 943. The molecule has 2 amide bonds. The van der Waals surface area contributed by atoms with E-state index in [2.05, 4.69) is 10.6 Å². The Morgan fingerprint density at radius 3 is 2.70 bits per heavy atom. The van der Waals surface area contributed by atoms with Gasteiger partial charge >= 0.3 is 0 Å². The van der Waals surface area contributed by atoms with Crippen LogP contribution in [-0.2, 0) is 4.74 Å². The molecule has 0 spiro atoms. The van der Waals surface area contributed by atoms with Gasteiger partial charge in [-0.3, -0.25) is 9.59 Å². The highest BCUT2D eigenvalue weighted by atomic mass is 32.1. The lowest BCUT2D eigenvalue weighted by Gasteiger charge is -2.13. The molecule has 1 aliphatic heterocycles. The zero-order valence-corrected chi connectivity index (χ0v) is 15.6. The van der Waals surface area contributed by atoms with Gasteiger partial charge in [-0.2, -0.15) is 0 Å². The van der Waals surface area contributed by atoms with E-state index in [1.165, 1.54) is 11.3 Å². The van der Waals surface area contributed by atoms with Gasteiger partial charge in [-0.1, -0.05) is 30.3 Å². The summed E-state index contributed by atoms with van der Waals surface area (Å²) in [4.78, 5) is 25.9. The van der Waals surface area contributed by atoms with Crippen LogP contribution in [0.2, 0.25) is 0 Å². The largest absolute Gasteiger partial charge is 0.376 e. The number of anilines is 1. The van der Waals surface area contributed by atoms with Gasteiger partial charge in [-0.25, -0.2) is 0 Å². The number of hydrogen-bond donors (Lipinski definition) is 2. The van der Waals surface area contributed by atoms with E-state index in [1.807, 2.05) is 30.3 Å². The predicted octanol–water partition coefficient (Wildman–Crippen LogP) is 4.06. The second kappa shape index (κ2) is 7.90. The number of carbonyl (C=O) groups is 2. The molecule has 1 fully saturated rings. The van der Waals surface area contributed by atoms with E-state index in [-0.39, 0.29) is 17.9 Å². The first-order valence-electron chi connectivity index (χ1n) is 8.99. The minimum atomic E-state index is -0.212. The third-order valence-corrected chi connectivity index (χ3v) is 5.70. The Balaban J connectivity index is 1.48. The Morgan fingerprint density at radius 1 is 1.07 bits per heavy atom. The summed E-state index contributed by atoms with van der Waals surface area (Å²) in [5, 5.41) is 6.82. The van der Waals surface area contributed by atoms with E-state index >= 15 is 0 Å².